The highest BCUT2D eigenvalue weighted by molar-refractivity contribution is 7.40. The Morgan fingerprint density at radius 1 is 0.515 bits per heavy atom. The van der Waals surface area contributed by atoms with Gasteiger partial charge in [0.25, 0.3) is 0 Å². The lowest BCUT2D eigenvalue weighted by atomic mass is 9.66. The molecule has 2 aromatic carbocycles. The zero-order chi connectivity index (χ0) is 24.5. The Bertz CT molecular complexity index is 741. The lowest BCUT2D eigenvalue weighted by molar-refractivity contribution is -0.113. The Labute approximate surface area is 194 Å². The van der Waals surface area contributed by atoms with Crippen molar-refractivity contribution >= 4 is 34.4 Å². The van der Waals surface area contributed by atoms with Crippen molar-refractivity contribution in [2.45, 2.75) is 5.60 Å². The summed E-state index contributed by atoms with van der Waals surface area (Å²) >= 11 is 0. The van der Waals surface area contributed by atoms with Crippen molar-refractivity contribution in [3.05, 3.63) is 71.8 Å². The molecular weight excluding hydrogens is 520 g/mol. The Morgan fingerprint density at radius 3 is 1.12 bits per heavy atom. The molecule has 16 heteroatoms. The predicted molar refractivity (Wildman–Crippen MR) is 120 cm³/mol. The third-order valence-electron chi connectivity index (χ3n) is 4.69. The van der Waals surface area contributed by atoms with Crippen molar-refractivity contribution in [2.75, 3.05) is 19.8 Å². The minimum absolute atomic E-state index is 0.295. The molecule has 0 saturated heterocycles. The predicted octanol–water partition coefficient (Wildman–Crippen LogP) is 1.83. The van der Waals surface area contributed by atoms with Crippen molar-refractivity contribution in [1.82, 2.24) is 0 Å². The summed E-state index contributed by atoms with van der Waals surface area (Å²) in [5, 5.41) is 0. The Morgan fingerprint density at radius 2 is 0.848 bits per heavy atom. The van der Waals surface area contributed by atoms with Gasteiger partial charge in [0.1, 0.15) is 5.60 Å². The Hall–Kier alpha value is -0.320. The monoisotopic (exact) mass is 544 g/mol. The van der Waals surface area contributed by atoms with Crippen LogP contribution in [0.1, 0.15) is 11.1 Å². The van der Waals surface area contributed by atoms with Crippen LogP contribution in [0.25, 0.3) is 0 Å². The van der Waals surface area contributed by atoms with Crippen LogP contribution in [0, 0.1) is 5.41 Å². The molecule has 2 rings (SSSR count). The molecule has 0 aliphatic rings. The van der Waals surface area contributed by atoms with Crippen LogP contribution in [0.2, 0.25) is 0 Å². The molecule has 0 saturated carbocycles. The lowest BCUT2D eigenvalue weighted by Gasteiger charge is -2.49. The van der Waals surface area contributed by atoms with E-state index >= 15 is 0 Å². The second-order valence-electron chi connectivity index (χ2n) is 6.62. The first kappa shape index (κ1) is 28.9. The number of benzene rings is 2. The van der Waals surface area contributed by atoms with Gasteiger partial charge in [-0.25, -0.2) is 0 Å². The molecule has 0 fully saturated rings. The minimum atomic E-state index is -3.10. The summed E-state index contributed by atoms with van der Waals surface area (Å²) in [5.74, 6) is 0. The number of rotatable bonds is 14. The van der Waals surface area contributed by atoms with Gasteiger partial charge in [0, 0.05) is 0 Å². The van der Waals surface area contributed by atoms with E-state index in [0.29, 0.717) is 11.1 Å². The standard InChI is InChI=1S/C17H24O12P4/c18-30(19)26-11-16(12-27-31(20)21,13-28-32(22)23)17(29-33(24)25,14-7-3-1-4-8-14)15-9-5-2-6-10-15/h1-10,18-25H,11-13H2. The van der Waals surface area contributed by atoms with Gasteiger partial charge >= 0.3 is 34.4 Å². The first-order valence-electron chi connectivity index (χ1n) is 9.03. The van der Waals surface area contributed by atoms with Crippen molar-refractivity contribution in [1.29, 1.82) is 0 Å². The first-order valence-corrected chi connectivity index (χ1v) is 13.7. The van der Waals surface area contributed by atoms with Crippen molar-refractivity contribution in [3.8, 4) is 0 Å². The Balaban J connectivity index is 2.88. The topological polar surface area (TPSA) is 199 Å². The van der Waals surface area contributed by atoms with Crippen LogP contribution in [0.3, 0.4) is 0 Å². The zero-order valence-electron chi connectivity index (χ0n) is 16.9. The fraction of sp³-hybridized carbons (Fsp3) is 0.294. The minimum Gasteiger partial charge on any atom is -0.328 e. The largest absolute Gasteiger partial charge is 0.328 e. The van der Waals surface area contributed by atoms with Crippen LogP contribution in [0.5, 0.6) is 0 Å². The summed E-state index contributed by atoms with van der Waals surface area (Å²) in [4.78, 5) is 76.7. The van der Waals surface area contributed by atoms with Crippen LogP contribution in [-0.4, -0.2) is 59.0 Å². The Kier molecular flexibility index (Phi) is 12.0. The molecule has 0 aliphatic carbocycles. The molecule has 0 heterocycles. The quantitative estimate of drug-likeness (QED) is 0.161. The molecule has 12 nitrogen and oxygen atoms in total. The fourth-order valence-corrected chi connectivity index (χ4v) is 5.16. The first-order chi connectivity index (χ1) is 15.6. The van der Waals surface area contributed by atoms with E-state index in [1.54, 1.807) is 60.7 Å². The summed E-state index contributed by atoms with van der Waals surface area (Å²) in [6.45, 7) is -2.03. The average Bonchev–Trinajstić information content (AvgIpc) is 2.78. The molecule has 0 unspecified atom stereocenters. The maximum atomic E-state index is 10.00. The van der Waals surface area contributed by atoms with Gasteiger partial charge in [-0.2, -0.15) is 0 Å². The number of hydrogen-bond acceptors (Lipinski definition) is 12. The summed E-state index contributed by atoms with van der Waals surface area (Å²) in [5.41, 5.74) is -3.22. The van der Waals surface area contributed by atoms with Gasteiger partial charge in [0.05, 0.1) is 25.2 Å². The van der Waals surface area contributed by atoms with E-state index in [9.17, 15) is 39.1 Å². The van der Waals surface area contributed by atoms with Gasteiger partial charge in [-0.05, 0) is 11.1 Å². The SMILES string of the molecule is OP(O)OCC(COP(O)O)(COP(O)O)C(OP(O)O)(c1ccccc1)c1ccccc1. The molecule has 0 atom stereocenters. The molecule has 2 aromatic rings. The van der Waals surface area contributed by atoms with E-state index in [4.69, 9.17) is 18.1 Å². The van der Waals surface area contributed by atoms with Gasteiger partial charge in [-0.15, -0.1) is 0 Å². The van der Waals surface area contributed by atoms with Crippen LogP contribution < -0.4 is 0 Å². The summed E-state index contributed by atoms with van der Waals surface area (Å²) < 4.78 is 21.0. The van der Waals surface area contributed by atoms with Gasteiger partial charge in [-0.1, -0.05) is 60.7 Å². The van der Waals surface area contributed by atoms with E-state index < -0.39 is 65.2 Å². The second kappa shape index (κ2) is 13.7. The fourth-order valence-electron chi connectivity index (χ4n) is 3.42. The molecule has 184 valence electrons. The van der Waals surface area contributed by atoms with Crippen LogP contribution >= 0.6 is 34.4 Å². The molecule has 0 bridgehead atoms. The van der Waals surface area contributed by atoms with E-state index in [1.165, 1.54) is 0 Å². The highest BCUT2D eigenvalue weighted by Gasteiger charge is 2.58. The van der Waals surface area contributed by atoms with Gasteiger partial charge in [0.15, 0.2) is 0 Å². The highest BCUT2D eigenvalue weighted by Crippen LogP contribution is 2.57. The summed E-state index contributed by atoms with van der Waals surface area (Å²) in [7, 11) is -11.9. The van der Waals surface area contributed by atoms with Gasteiger partial charge < -0.3 is 52.7 Å². The van der Waals surface area contributed by atoms with Crippen LogP contribution in [-0.2, 0) is 23.7 Å². The van der Waals surface area contributed by atoms with Crippen LogP contribution in [0.4, 0.5) is 0 Å². The maximum Gasteiger partial charge on any atom is 0.328 e. The lowest BCUT2D eigenvalue weighted by Crippen LogP contribution is -2.55. The van der Waals surface area contributed by atoms with Crippen molar-refractivity contribution < 1.29 is 57.2 Å². The van der Waals surface area contributed by atoms with Gasteiger partial charge in [-0.3, -0.25) is 4.52 Å². The van der Waals surface area contributed by atoms with E-state index in [0.717, 1.165) is 0 Å². The van der Waals surface area contributed by atoms with E-state index in [1.807, 2.05) is 0 Å². The molecule has 0 aromatic heterocycles. The van der Waals surface area contributed by atoms with Crippen LogP contribution in [0.15, 0.2) is 60.7 Å². The van der Waals surface area contributed by atoms with E-state index in [2.05, 4.69) is 0 Å². The van der Waals surface area contributed by atoms with E-state index in [-0.39, 0.29) is 0 Å². The van der Waals surface area contributed by atoms with Crippen molar-refractivity contribution in [3.63, 3.8) is 0 Å². The summed E-state index contributed by atoms with van der Waals surface area (Å²) in [6.07, 6.45) is 0. The summed E-state index contributed by atoms with van der Waals surface area (Å²) in [6, 6.07) is 16.2. The average molecular weight is 544 g/mol. The molecule has 33 heavy (non-hydrogen) atoms. The molecule has 8 N–H and O–H groups in total. The van der Waals surface area contributed by atoms with Gasteiger partial charge in [0.2, 0.25) is 0 Å². The third-order valence-corrected chi connectivity index (χ3v) is 6.21. The maximum absolute atomic E-state index is 10.00. The smallest absolute Gasteiger partial charge is 0.328 e. The second-order valence-corrected chi connectivity index (χ2v) is 9.60. The molecule has 0 amide bonds. The third kappa shape index (κ3) is 7.84. The molecular formula is C17H24O12P4. The normalized spacial score (nSPS) is 13.0. The van der Waals surface area contributed by atoms with Crippen molar-refractivity contribution in [2.24, 2.45) is 5.41 Å². The number of hydrogen-bond donors (Lipinski definition) is 8. The highest BCUT2D eigenvalue weighted by atomic mass is 31.2. The molecule has 0 radical (unpaired) electrons. The molecule has 0 aliphatic heterocycles. The molecule has 0 spiro atoms. The zero-order valence-corrected chi connectivity index (χ0v) is 20.5.